The molecule has 0 aromatic rings. The molecule has 4 heteroatoms. The molecule has 0 spiro atoms. The van der Waals surface area contributed by atoms with Crippen LogP contribution in [0.5, 0.6) is 0 Å². The summed E-state index contributed by atoms with van der Waals surface area (Å²) in [5.41, 5.74) is 0. The zero-order chi connectivity index (χ0) is 10.5. The van der Waals surface area contributed by atoms with Crippen molar-refractivity contribution in [2.75, 3.05) is 14.2 Å². The van der Waals surface area contributed by atoms with E-state index >= 15 is 0 Å². The molecule has 0 radical (unpaired) electrons. The van der Waals surface area contributed by atoms with Crippen LogP contribution in [0.2, 0.25) is 37.8 Å². The van der Waals surface area contributed by atoms with Gasteiger partial charge < -0.3 is 8.85 Å². The van der Waals surface area contributed by atoms with Crippen LogP contribution in [-0.2, 0) is 8.85 Å². The Morgan fingerprint density at radius 2 is 1.38 bits per heavy atom. The van der Waals surface area contributed by atoms with E-state index in [-0.39, 0.29) is 0 Å². The van der Waals surface area contributed by atoms with Gasteiger partial charge in [0.2, 0.25) is 0 Å². The van der Waals surface area contributed by atoms with Crippen LogP contribution in [0.3, 0.4) is 0 Å². The van der Waals surface area contributed by atoms with Gasteiger partial charge in [0, 0.05) is 22.3 Å². The van der Waals surface area contributed by atoms with Crippen molar-refractivity contribution in [3.05, 3.63) is 0 Å². The molecule has 80 valence electrons. The van der Waals surface area contributed by atoms with Crippen LogP contribution in [0.25, 0.3) is 0 Å². The SMILES string of the molecule is CC[Si](CC[Si](C)(C)C)(OC)OC. The van der Waals surface area contributed by atoms with Crippen molar-refractivity contribution in [2.24, 2.45) is 0 Å². The zero-order valence-corrected chi connectivity index (χ0v) is 11.9. The third kappa shape index (κ3) is 4.95. The van der Waals surface area contributed by atoms with Crippen molar-refractivity contribution >= 4 is 16.6 Å². The van der Waals surface area contributed by atoms with Gasteiger partial charge in [0.05, 0.1) is 0 Å². The summed E-state index contributed by atoms with van der Waals surface area (Å²) in [4.78, 5) is 0. The second-order valence-corrected chi connectivity index (χ2v) is 14.2. The van der Waals surface area contributed by atoms with Gasteiger partial charge in [-0.2, -0.15) is 0 Å². The van der Waals surface area contributed by atoms with Crippen molar-refractivity contribution in [3.63, 3.8) is 0 Å². The Morgan fingerprint density at radius 1 is 0.923 bits per heavy atom. The molecule has 2 nitrogen and oxygen atoms in total. The largest absolute Gasteiger partial charge is 0.398 e. The molecule has 0 bridgehead atoms. The predicted molar refractivity (Wildman–Crippen MR) is 63.2 cm³/mol. The summed E-state index contributed by atoms with van der Waals surface area (Å²) >= 11 is 0. The van der Waals surface area contributed by atoms with Gasteiger partial charge in [-0.15, -0.1) is 0 Å². The summed E-state index contributed by atoms with van der Waals surface area (Å²) < 4.78 is 11.1. The normalized spacial score (nSPS) is 13.4. The monoisotopic (exact) mass is 220 g/mol. The van der Waals surface area contributed by atoms with E-state index < -0.39 is 16.6 Å². The van der Waals surface area contributed by atoms with Gasteiger partial charge in [-0.05, 0) is 12.1 Å². The fraction of sp³-hybridized carbons (Fsp3) is 1.00. The number of rotatable bonds is 6. The molecular formula is C9H24O2Si2. The third-order valence-corrected chi connectivity index (χ3v) is 8.37. The lowest BCUT2D eigenvalue weighted by molar-refractivity contribution is 0.244. The van der Waals surface area contributed by atoms with E-state index in [2.05, 4.69) is 26.6 Å². The summed E-state index contributed by atoms with van der Waals surface area (Å²) in [5.74, 6) is 0. The second-order valence-electron chi connectivity index (χ2n) is 4.73. The Hall–Kier alpha value is 0.354. The Morgan fingerprint density at radius 3 is 1.62 bits per heavy atom. The lowest BCUT2D eigenvalue weighted by Crippen LogP contribution is -2.40. The van der Waals surface area contributed by atoms with Crippen molar-refractivity contribution in [2.45, 2.75) is 44.7 Å². The first-order valence-corrected chi connectivity index (χ1v) is 10.9. The molecule has 0 N–H and O–H groups in total. The molecular weight excluding hydrogens is 196 g/mol. The molecule has 0 saturated heterocycles. The second kappa shape index (κ2) is 5.29. The summed E-state index contributed by atoms with van der Waals surface area (Å²) in [5, 5.41) is 0. The van der Waals surface area contributed by atoms with Crippen LogP contribution in [0, 0.1) is 0 Å². The molecule has 0 heterocycles. The average Bonchev–Trinajstić information content (AvgIpc) is 2.06. The van der Waals surface area contributed by atoms with Crippen molar-refractivity contribution in [1.82, 2.24) is 0 Å². The average molecular weight is 220 g/mol. The first-order valence-electron chi connectivity index (χ1n) is 4.99. The van der Waals surface area contributed by atoms with Crippen molar-refractivity contribution in [1.29, 1.82) is 0 Å². The molecule has 0 aliphatic heterocycles. The lowest BCUT2D eigenvalue weighted by atomic mass is 10.9. The van der Waals surface area contributed by atoms with Gasteiger partial charge in [0.15, 0.2) is 0 Å². The summed E-state index contributed by atoms with van der Waals surface area (Å²) in [6, 6.07) is 3.53. The van der Waals surface area contributed by atoms with Gasteiger partial charge in [-0.3, -0.25) is 0 Å². The molecule has 0 atom stereocenters. The van der Waals surface area contributed by atoms with E-state index in [1.807, 2.05) is 0 Å². The quantitative estimate of drug-likeness (QED) is 0.641. The molecule has 0 aliphatic carbocycles. The fourth-order valence-corrected chi connectivity index (χ4v) is 7.35. The van der Waals surface area contributed by atoms with E-state index in [9.17, 15) is 0 Å². The summed E-state index contributed by atoms with van der Waals surface area (Å²) in [6.45, 7) is 9.36. The topological polar surface area (TPSA) is 18.5 Å². The van der Waals surface area contributed by atoms with Gasteiger partial charge >= 0.3 is 8.56 Å². The molecule has 0 aromatic heterocycles. The molecule has 0 amide bonds. The molecule has 0 unspecified atom stereocenters. The minimum absolute atomic E-state index is 0.941. The van der Waals surface area contributed by atoms with Crippen LogP contribution < -0.4 is 0 Å². The van der Waals surface area contributed by atoms with Crippen LogP contribution >= 0.6 is 0 Å². The van der Waals surface area contributed by atoms with E-state index in [1.165, 1.54) is 6.04 Å². The van der Waals surface area contributed by atoms with Gasteiger partial charge in [0.1, 0.15) is 0 Å². The van der Waals surface area contributed by atoms with Crippen LogP contribution in [0.1, 0.15) is 6.92 Å². The Balaban J connectivity index is 4.11. The minimum Gasteiger partial charge on any atom is -0.398 e. The molecule has 13 heavy (non-hydrogen) atoms. The van der Waals surface area contributed by atoms with E-state index in [1.54, 1.807) is 14.2 Å². The standard InChI is InChI=1S/C9H24O2Si2/c1-7-13(10-2,11-3)9-8-12(4,5)6/h7-9H2,1-6H3. The molecule has 0 saturated carbocycles. The molecule has 0 rings (SSSR count). The van der Waals surface area contributed by atoms with Gasteiger partial charge in [0.25, 0.3) is 0 Å². The Labute approximate surface area is 84.9 Å². The van der Waals surface area contributed by atoms with Crippen LogP contribution in [0.4, 0.5) is 0 Å². The maximum absolute atomic E-state index is 5.57. The first kappa shape index (κ1) is 13.4. The highest BCUT2D eigenvalue weighted by atomic mass is 28.4. The van der Waals surface area contributed by atoms with Crippen LogP contribution in [-0.4, -0.2) is 30.9 Å². The van der Waals surface area contributed by atoms with E-state index in [0.29, 0.717) is 0 Å². The Kier molecular flexibility index (Phi) is 5.43. The lowest BCUT2D eigenvalue weighted by Gasteiger charge is -2.28. The Bertz CT molecular complexity index is 131. The minimum atomic E-state index is -1.79. The first-order chi connectivity index (χ1) is 5.89. The number of hydrogen-bond acceptors (Lipinski definition) is 2. The molecule has 0 aromatic carbocycles. The fourth-order valence-electron chi connectivity index (χ4n) is 1.32. The zero-order valence-electron chi connectivity index (χ0n) is 9.94. The summed E-state index contributed by atoms with van der Waals surface area (Å²) in [6.07, 6.45) is 0. The smallest absolute Gasteiger partial charge is 0.337 e. The van der Waals surface area contributed by atoms with Gasteiger partial charge in [-0.25, -0.2) is 0 Å². The van der Waals surface area contributed by atoms with Crippen molar-refractivity contribution in [3.8, 4) is 0 Å². The van der Waals surface area contributed by atoms with Crippen LogP contribution in [0.15, 0.2) is 0 Å². The predicted octanol–water partition coefficient (Wildman–Crippen LogP) is 3.08. The number of hydrogen-bond donors (Lipinski definition) is 0. The highest BCUT2D eigenvalue weighted by molar-refractivity contribution is 6.78. The highest BCUT2D eigenvalue weighted by Crippen LogP contribution is 2.23. The molecule has 0 fully saturated rings. The van der Waals surface area contributed by atoms with Crippen molar-refractivity contribution < 1.29 is 8.85 Å². The van der Waals surface area contributed by atoms with Gasteiger partial charge in [-0.1, -0.05) is 32.6 Å². The highest BCUT2D eigenvalue weighted by Gasteiger charge is 2.34. The third-order valence-electron chi connectivity index (χ3n) is 2.54. The maximum Gasteiger partial charge on any atom is 0.337 e. The summed E-state index contributed by atoms with van der Waals surface area (Å²) in [7, 11) is 0.857. The van der Waals surface area contributed by atoms with E-state index in [0.717, 1.165) is 12.1 Å². The maximum atomic E-state index is 5.57. The molecule has 0 aliphatic rings. The van der Waals surface area contributed by atoms with E-state index in [4.69, 9.17) is 8.85 Å².